The van der Waals surface area contributed by atoms with E-state index in [0.717, 1.165) is 43.9 Å². The van der Waals surface area contributed by atoms with Gasteiger partial charge in [-0.2, -0.15) is 0 Å². The van der Waals surface area contributed by atoms with Gasteiger partial charge in [0.2, 0.25) is 0 Å². The van der Waals surface area contributed by atoms with Gasteiger partial charge in [-0.1, -0.05) is 12.1 Å². The molecule has 1 N–H and O–H groups in total. The lowest BCUT2D eigenvalue weighted by molar-refractivity contribution is 0.206. The first-order valence-electron chi connectivity index (χ1n) is 7.44. The highest BCUT2D eigenvalue weighted by Gasteiger charge is 2.20. The van der Waals surface area contributed by atoms with E-state index in [1.54, 1.807) is 12.1 Å². The van der Waals surface area contributed by atoms with Gasteiger partial charge in [-0.3, -0.25) is 9.88 Å². The summed E-state index contributed by atoms with van der Waals surface area (Å²) in [5, 5.41) is 3.44. The Kier molecular flexibility index (Phi) is 4.46. The average Bonchev–Trinajstić information content (AvgIpc) is 2.49. The quantitative estimate of drug-likeness (QED) is 0.934. The van der Waals surface area contributed by atoms with Crippen LogP contribution in [0.1, 0.15) is 18.5 Å². The standard InChI is InChI=1S/C17H20FN3/c18-14-5-3-7-15(11-14)20-17-8-4-10-21(13-17)12-16-6-1-2-9-19-16/h1-3,5-7,9,11,17,20H,4,8,10,12-13H2. The number of piperidine rings is 1. The number of halogens is 1. The lowest BCUT2D eigenvalue weighted by Crippen LogP contribution is -2.41. The maximum Gasteiger partial charge on any atom is 0.125 e. The van der Waals surface area contributed by atoms with Gasteiger partial charge in [0, 0.05) is 31.0 Å². The largest absolute Gasteiger partial charge is 0.381 e. The molecule has 3 rings (SSSR count). The summed E-state index contributed by atoms with van der Waals surface area (Å²) in [4.78, 5) is 6.79. The maximum atomic E-state index is 13.2. The van der Waals surface area contributed by atoms with Crippen LogP contribution < -0.4 is 5.32 Å². The molecule has 0 aliphatic carbocycles. The van der Waals surface area contributed by atoms with Crippen molar-refractivity contribution >= 4 is 5.69 Å². The van der Waals surface area contributed by atoms with Gasteiger partial charge in [0.05, 0.1) is 5.69 Å². The van der Waals surface area contributed by atoms with E-state index in [1.807, 2.05) is 24.4 Å². The van der Waals surface area contributed by atoms with Gasteiger partial charge in [0.25, 0.3) is 0 Å². The zero-order valence-electron chi connectivity index (χ0n) is 12.0. The number of hydrogen-bond acceptors (Lipinski definition) is 3. The van der Waals surface area contributed by atoms with Crippen molar-refractivity contribution in [3.8, 4) is 0 Å². The van der Waals surface area contributed by atoms with Gasteiger partial charge in [0.15, 0.2) is 0 Å². The first-order chi connectivity index (χ1) is 10.3. The number of nitrogens with zero attached hydrogens (tertiary/aromatic N) is 2. The number of aromatic nitrogens is 1. The number of likely N-dealkylation sites (tertiary alicyclic amines) is 1. The molecular weight excluding hydrogens is 265 g/mol. The first kappa shape index (κ1) is 14.0. The summed E-state index contributed by atoms with van der Waals surface area (Å²) in [6.45, 7) is 2.94. The zero-order valence-corrected chi connectivity index (χ0v) is 12.0. The van der Waals surface area contributed by atoms with Gasteiger partial charge in [-0.25, -0.2) is 4.39 Å². The smallest absolute Gasteiger partial charge is 0.125 e. The van der Waals surface area contributed by atoms with Gasteiger partial charge >= 0.3 is 0 Å². The van der Waals surface area contributed by atoms with Crippen molar-refractivity contribution in [1.82, 2.24) is 9.88 Å². The molecule has 1 atom stereocenters. The molecule has 0 radical (unpaired) electrons. The van der Waals surface area contributed by atoms with E-state index >= 15 is 0 Å². The molecule has 4 heteroatoms. The van der Waals surface area contributed by atoms with E-state index in [4.69, 9.17) is 0 Å². The van der Waals surface area contributed by atoms with E-state index in [-0.39, 0.29) is 5.82 Å². The second-order valence-electron chi connectivity index (χ2n) is 5.55. The normalized spacial score (nSPS) is 19.4. The van der Waals surface area contributed by atoms with Crippen LogP contribution in [0.25, 0.3) is 0 Å². The van der Waals surface area contributed by atoms with Crippen molar-refractivity contribution in [2.45, 2.75) is 25.4 Å². The van der Waals surface area contributed by atoms with Crippen LogP contribution in [0.3, 0.4) is 0 Å². The Morgan fingerprint density at radius 1 is 1.24 bits per heavy atom. The highest BCUT2D eigenvalue weighted by atomic mass is 19.1. The average molecular weight is 285 g/mol. The van der Waals surface area contributed by atoms with Crippen LogP contribution >= 0.6 is 0 Å². The minimum absolute atomic E-state index is 0.193. The van der Waals surface area contributed by atoms with Crippen LogP contribution in [0.2, 0.25) is 0 Å². The summed E-state index contributed by atoms with van der Waals surface area (Å²) in [5.74, 6) is -0.193. The molecule has 1 saturated heterocycles. The topological polar surface area (TPSA) is 28.2 Å². The van der Waals surface area contributed by atoms with E-state index < -0.39 is 0 Å². The Labute approximate surface area is 124 Å². The van der Waals surface area contributed by atoms with Crippen molar-refractivity contribution in [2.24, 2.45) is 0 Å². The molecule has 1 fully saturated rings. The second-order valence-corrected chi connectivity index (χ2v) is 5.55. The summed E-state index contributed by atoms with van der Waals surface area (Å²) in [6, 6.07) is 13.1. The molecule has 1 aliphatic rings. The van der Waals surface area contributed by atoms with Crippen LogP contribution in [-0.2, 0) is 6.54 Å². The molecule has 21 heavy (non-hydrogen) atoms. The number of rotatable bonds is 4. The molecule has 1 aromatic heterocycles. The van der Waals surface area contributed by atoms with Crippen LogP contribution in [0.15, 0.2) is 48.7 Å². The first-order valence-corrected chi connectivity index (χ1v) is 7.44. The fourth-order valence-electron chi connectivity index (χ4n) is 2.85. The number of anilines is 1. The Bertz CT molecular complexity index is 573. The van der Waals surface area contributed by atoms with Crippen molar-refractivity contribution < 1.29 is 4.39 Å². The lowest BCUT2D eigenvalue weighted by Gasteiger charge is -2.33. The minimum atomic E-state index is -0.193. The number of benzene rings is 1. The van der Waals surface area contributed by atoms with Crippen molar-refractivity contribution in [1.29, 1.82) is 0 Å². The number of pyridine rings is 1. The number of hydrogen-bond donors (Lipinski definition) is 1. The molecule has 2 aromatic rings. The highest BCUT2D eigenvalue weighted by molar-refractivity contribution is 5.44. The van der Waals surface area contributed by atoms with Gasteiger partial charge in [0.1, 0.15) is 5.82 Å². The predicted octanol–water partition coefficient (Wildman–Crippen LogP) is 3.30. The molecule has 1 aromatic carbocycles. The Morgan fingerprint density at radius 2 is 2.19 bits per heavy atom. The molecule has 110 valence electrons. The van der Waals surface area contributed by atoms with Crippen LogP contribution in [0, 0.1) is 5.82 Å². The summed E-state index contributed by atoms with van der Waals surface area (Å²) in [6.07, 6.45) is 4.11. The van der Waals surface area contributed by atoms with Crippen LogP contribution in [0.4, 0.5) is 10.1 Å². The minimum Gasteiger partial charge on any atom is -0.381 e. The molecule has 2 heterocycles. The third-order valence-corrected chi connectivity index (χ3v) is 3.81. The molecule has 1 unspecified atom stereocenters. The third kappa shape index (κ3) is 4.02. The summed E-state index contributed by atoms with van der Waals surface area (Å²) in [7, 11) is 0. The summed E-state index contributed by atoms with van der Waals surface area (Å²) < 4.78 is 13.2. The van der Waals surface area contributed by atoms with Crippen molar-refractivity contribution in [3.63, 3.8) is 0 Å². The molecule has 0 saturated carbocycles. The molecule has 1 aliphatic heterocycles. The van der Waals surface area contributed by atoms with Gasteiger partial charge < -0.3 is 5.32 Å². The molecule has 0 spiro atoms. The third-order valence-electron chi connectivity index (χ3n) is 3.81. The van der Waals surface area contributed by atoms with Crippen molar-refractivity contribution in [3.05, 3.63) is 60.2 Å². The number of nitrogens with one attached hydrogen (secondary N) is 1. The Balaban J connectivity index is 1.58. The van der Waals surface area contributed by atoms with Gasteiger partial charge in [-0.15, -0.1) is 0 Å². The van der Waals surface area contributed by atoms with E-state index in [9.17, 15) is 4.39 Å². The Morgan fingerprint density at radius 3 is 3.00 bits per heavy atom. The van der Waals surface area contributed by atoms with Crippen LogP contribution in [0.5, 0.6) is 0 Å². The maximum absolute atomic E-state index is 13.2. The van der Waals surface area contributed by atoms with E-state index in [1.165, 1.54) is 6.07 Å². The molecule has 0 bridgehead atoms. The Hall–Kier alpha value is -1.94. The highest BCUT2D eigenvalue weighted by Crippen LogP contribution is 2.18. The molecular formula is C17H20FN3. The zero-order chi connectivity index (χ0) is 14.5. The fourth-order valence-corrected chi connectivity index (χ4v) is 2.85. The van der Waals surface area contributed by atoms with Gasteiger partial charge in [-0.05, 0) is 49.7 Å². The van der Waals surface area contributed by atoms with E-state index in [2.05, 4.69) is 21.3 Å². The van der Waals surface area contributed by atoms with E-state index in [0.29, 0.717) is 6.04 Å². The monoisotopic (exact) mass is 285 g/mol. The fraction of sp³-hybridized carbons (Fsp3) is 0.353. The molecule has 3 nitrogen and oxygen atoms in total. The summed E-state index contributed by atoms with van der Waals surface area (Å²) >= 11 is 0. The second kappa shape index (κ2) is 6.68. The predicted molar refractivity (Wildman–Crippen MR) is 82.6 cm³/mol. The SMILES string of the molecule is Fc1cccc(NC2CCCN(Cc3ccccn3)C2)c1. The summed E-state index contributed by atoms with van der Waals surface area (Å²) in [5.41, 5.74) is 1.96. The molecule has 0 amide bonds. The lowest BCUT2D eigenvalue weighted by atomic mass is 10.0. The van der Waals surface area contributed by atoms with Crippen LogP contribution in [-0.4, -0.2) is 29.0 Å². The van der Waals surface area contributed by atoms with Crippen molar-refractivity contribution in [2.75, 3.05) is 18.4 Å².